The van der Waals surface area contributed by atoms with E-state index < -0.39 is 5.82 Å². The van der Waals surface area contributed by atoms with Crippen molar-refractivity contribution in [2.24, 2.45) is 0 Å². The number of rotatable bonds is 4. The van der Waals surface area contributed by atoms with Gasteiger partial charge in [0.05, 0.1) is 35.1 Å². The van der Waals surface area contributed by atoms with Gasteiger partial charge in [0, 0.05) is 44.9 Å². The molecule has 1 fully saturated rings. The smallest absolute Gasteiger partial charge is 0.124 e. The van der Waals surface area contributed by atoms with Crippen molar-refractivity contribution in [1.29, 1.82) is 10.5 Å². The lowest BCUT2D eigenvalue weighted by atomic mass is 10.0. The Hall–Kier alpha value is -3.66. The van der Waals surface area contributed by atoms with Gasteiger partial charge in [-0.1, -0.05) is 11.8 Å². The number of nitrogens with one attached hydrogen (secondary N) is 1. The molecule has 1 N–H and O–H groups in total. The molecule has 0 spiro atoms. The quantitative estimate of drug-likeness (QED) is 0.457. The van der Waals surface area contributed by atoms with E-state index in [0.717, 1.165) is 34.7 Å². The Morgan fingerprint density at radius 2 is 1.91 bits per heavy atom. The maximum atomic E-state index is 13.7. The number of fused-ring (bicyclic) bond motifs is 1. The fraction of sp³-hybridized carbons (Fsp3) is 0.280. The zero-order chi connectivity index (χ0) is 24.0. The molecule has 9 heteroatoms. The first kappa shape index (κ1) is 22.1. The summed E-state index contributed by atoms with van der Waals surface area (Å²) in [5, 5.41) is 31.7. The number of pyridine rings is 1. The minimum atomic E-state index is -0.463. The largest absolute Gasteiger partial charge is 0.310 e. The van der Waals surface area contributed by atoms with Gasteiger partial charge in [0.15, 0.2) is 0 Å². The SMILES string of the molecule is Cc1c(-c2cc(Sc3ccc(F)cc3C#N)c3c(C#N)cnn3c2)cnn1[C@H]1CNC(C)(C)C1. The van der Waals surface area contributed by atoms with Crippen LogP contribution < -0.4 is 5.32 Å². The van der Waals surface area contributed by atoms with Crippen molar-refractivity contribution in [1.82, 2.24) is 24.7 Å². The van der Waals surface area contributed by atoms with Gasteiger partial charge in [0.25, 0.3) is 0 Å². The minimum absolute atomic E-state index is 0.0717. The highest BCUT2D eigenvalue weighted by Gasteiger charge is 2.32. The molecule has 3 aromatic heterocycles. The molecule has 1 aliphatic heterocycles. The highest BCUT2D eigenvalue weighted by Crippen LogP contribution is 2.38. The topological polar surface area (TPSA) is 94.7 Å². The molecule has 1 atom stereocenters. The second kappa shape index (κ2) is 8.28. The standard InChI is InChI=1S/C25H22FN7S/c1-15-21(13-31-33(15)20-8-25(2,3)29-12-20)17-7-23(24-18(10-28)11-30-32(24)14-17)34-22-5-4-19(26)6-16(22)9-27/h4-7,11,13-14,20,29H,8,12H2,1-3H3/t20-/m1/s1. The Morgan fingerprint density at radius 3 is 2.62 bits per heavy atom. The molecule has 34 heavy (non-hydrogen) atoms. The molecule has 170 valence electrons. The molecular formula is C25H22FN7S. The Labute approximate surface area is 200 Å². The summed E-state index contributed by atoms with van der Waals surface area (Å²) in [4.78, 5) is 1.37. The number of benzene rings is 1. The number of nitriles is 2. The Morgan fingerprint density at radius 1 is 1.12 bits per heavy atom. The van der Waals surface area contributed by atoms with E-state index in [-0.39, 0.29) is 17.1 Å². The second-order valence-electron chi connectivity index (χ2n) is 9.12. The Kier molecular flexibility index (Phi) is 5.40. The second-order valence-corrected chi connectivity index (χ2v) is 10.2. The van der Waals surface area contributed by atoms with Crippen molar-refractivity contribution >= 4 is 17.3 Å². The molecule has 1 aliphatic rings. The molecule has 1 aromatic carbocycles. The summed E-state index contributed by atoms with van der Waals surface area (Å²) >= 11 is 1.32. The third kappa shape index (κ3) is 3.83. The van der Waals surface area contributed by atoms with Gasteiger partial charge in [-0.05, 0) is 51.5 Å². The van der Waals surface area contributed by atoms with Crippen LogP contribution in [0, 0.1) is 35.4 Å². The number of nitrogens with zero attached hydrogens (tertiary/aromatic N) is 6. The fourth-order valence-electron chi connectivity index (χ4n) is 4.56. The first-order chi connectivity index (χ1) is 16.3. The van der Waals surface area contributed by atoms with E-state index in [1.165, 1.54) is 30.1 Å². The Balaban J connectivity index is 1.61. The van der Waals surface area contributed by atoms with Crippen molar-refractivity contribution in [2.45, 2.75) is 48.6 Å². The van der Waals surface area contributed by atoms with Gasteiger partial charge in [-0.3, -0.25) is 4.68 Å². The van der Waals surface area contributed by atoms with E-state index in [9.17, 15) is 14.9 Å². The number of hydrogen-bond donors (Lipinski definition) is 1. The van der Waals surface area contributed by atoms with Crippen LogP contribution in [0.3, 0.4) is 0 Å². The summed E-state index contributed by atoms with van der Waals surface area (Å²) in [6.45, 7) is 7.31. The lowest BCUT2D eigenvalue weighted by molar-refractivity contribution is 0.419. The van der Waals surface area contributed by atoms with Gasteiger partial charge < -0.3 is 5.32 Å². The van der Waals surface area contributed by atoms with Crippen molar-refractivity contribution in [3.05, 3.63) is 65.5 Å². The minimum Gasteiger partial charge on any atom is -0.310 e. The highest BCUT2D eigenvalue weighted by molar-refractivity contribution is 7.99. The summed E-state index contributed by atoms with van der Waals surface area (Å²) in [6.07, 6.45) is 6.27. The van der Waals surface area contributed by atoms with Crippen LogP contribution in [0.15, 0.2) is 52.6 Å². The molecule has 0 radical (unpaired) electrons. The zero-order valence-electron chi connectivity index (χ0n) is 19.0. The molecule has 4 aromatic rings. The van der Waals surface area contributed by atoms with E-state index in [1.54, 1.807) is 10.6 Å². The van der Waals surface area contributed by atoms with Gasteiger partial charge in [-0.25, -0.2) is 8.91 Å². The van der Waals surface area contributed by atoms with E-state index >= 15 is 0 Å². The van der Waals surface area contributed by atoms with Gasteiger partial charge >= 0.3 is 0 Å². The maximum absolute atomic E-state index is 13.7. The molecule has 4 heterocycles. The van der Waals surface area contributed by atoms with E-state index in [4.69, 9.17) is 5.10 Å². The van der Waals surface area contributed by atoms with Crippen molar-refractivity contribution in [3.63, 3.8) is 0 Å². The van der Waals surface area contributed by atoms with Gasteiger partial charge in [0.1, 0.15) is 18.0 Å². The van der Waals surface area contributed by atoms with Crippen LogP contribution in [0.2, 0.25) is 0 Å². The molecule has 0 saturated carbocycles. The number of hydrogen-bond acceptors (Lipinski definition) is 6. The summed E-state index contributed by atoms with van der Waals surface area (Å²) in [7, 11) is 0. The molecule has 0 aliphatic carbocycles. The summed E-state index contributed by atoms with van der Waals surface area (Å²) in [6, 6.07) is 10.6. The molecule has 7 nitrogen and oxygen atoms in total. The van der Waals surface area contributed by atoms with Gasteiger partial charge in [-0.2, -0.15) is 20.7 Å². The summed E-state index contributed by atoms with van der Waals surface area (Å²) in [5.41, 5.74) is 4.32. The first-order valence-electron chi connectivity index (χ1n) is 10.9. The normalized spacial score (nSPS) is 17.1. The van der Waals surface area contributed by atoms with Crippen LogP contribution in [-0.4, -0.2) is 31.5 Å². The van der Waals surface area contributed by atoms with E-state index in [0.29, 0.717) is 16.0 Å². The lowest BCUT2D eigenvalue weighted by Crippen LogP contribution is -2.31. The Bertz CT molecular complexity index is 1500. The third-order valence-corrected chi connectivity index (χ3v) is 7.35. The number of halogens is 1. The van der Waals surface area contributed by atoms with E-state index in [1.807, 2.05) is 18.5 Å². The highest BCUT2D eigenvalue weighted by atomic mass is 32.2. The monoisotopic (exact) mass is 471 g/mol. The van der Waals surface area contributed by atoms with E-state index in [2.05, 4.69) is 48.0 Å². The van der Waals surface area contributed by atoms with Crippen LogP contribution in [-0.2, 0) is 0 Å². The maximum Gasteiger partial charge on any atom is 0.124 e. The average molecular weight is 472 g/mol. The first-order valence-corrected chi connectivity index (χ1v) is 11.7. The molecule has 5 rings (SSSR count). The van der Waals surface area contributed by atoms with Crippen LogP contribution in [0.4, 0.5) is 4.39 Å². The average Bonchev–Trinajstić information content (AvgIpc) is 3.50. The molecule has 1 saturated heterocycles. The lowest BCUT2D eigenvalue weighted by Gasteiger charge is -2.18. The predicted octanol–water partition coefficient (Wildman–Crippen LogP) is 4.85. The summed E-state index contributed by atoms with van der Waals surface area (Å²) in [5.74, 6) is -0.463. The van der Waals surface area contributed by atoms with Crippen LogP contribution in [0.1, 0.15) is 43.1 Å². The summed E-state index contributed by atoms with van der Waals surface area (Å²) < 4.78 is 17.4. The molecule has 0 unspecified atom stereocenters. The van der Waals surface area contributed by atoms with Crippen LogP contribution in [0.5, 0.6) is 0 Å². The molecular weight excluding hydrogens is 449 g/mol. The molecule has 0 bridgehead atoms. The zero-order valence-corrected chi connectivity index (χ0v) is 19.8. The number of aromatic nitrogens is 4. The third-order valence-electron chi connectivity index (χ3n) is 6.24. The van der Waals surface area contributed by atoms with Crippen molar-refractivity contribution in [3.8, 4) is 23.3 Å². The van der Waals surface area contributed by atoms with Crippen LogP contribution in [0.25, 0.3) is 16.6 Å². The van der Waals surface area contributed by atoms with Crippen molar-refractivity contribution < 1.29 is 4.39 Å². The van der Waals surface area contributed by atoms with Crippen LogP contribution >= 0.6 is 11.8 Å². The van der Waals surface area contributed by atoms with Gasteiger partial charge in [-0.15, -0.1) is 0 Å². The van der Waals surface area contributed by atoms with Crippen molar-refractivity contribution in [2.75, 3.05) is 6.54 Å². The predicted molar refractivity (Wildman–Crippen MR) is 127 cm³/mol. The van der Waals surface area contributed by atoms with Gasteiger partial charge in [0.2, 0.25) is 0 Å². The molecule has 0 amide bonds. The fourth-order valence-corrected chi connectivity index (χ4v) is 5.64.